The lowest BCUT2D eigenvalue weighted by molar-refractivity contribution is 0.103. The molecule has 1 unspecified atom stereocenters. The van der Waals surface area contributed by atoms with E-state index in [1.54, 1.807) is 23.7 Å². The molecule has 0 bridgehead atoms. The second-order valence-electron chi connectivity index (χ2n) is 7.34. The summed E-state index contributed by atoms with van der Waals surface area (Å²) in [6, 6.07) is 9.89. The van der Waals surface area contributed by atoms with Crippen LogP contribution in [0.4, 0.5) is 8.78 Å². The molecule has 2 aromatic carbocycles. The summed E-state index contributed by atoms with van der Waals surface area (Å²) in [6.45, 7) is 2.64. The number of benzene rings is 2. The fourth-order valence-electron chi connectivity index (χ4n) is 3.50. The van der Waals surface area contributed by atoms with Crippen molar-refractivity contribution in [2.45, 2.75) is 25.9 Å². The Morgan fingerprint density at radius 2 is 2.06 bits per heavy atom. The van der Waals surface area contributed by atoms with Crippen LogP contribution in [-0.4, -0.2) is 27.1 Å². The topological polar surface area (TPSA) is 85.8 Å². The maximum Gasteiger partial charge on any atom is 0.197 e. The molecule has 2 heterocycles. The molecule has 3 aromatic rings. The van der Waals surface area contributed by atoms with Crippen molar-refractivity contribution in [1.82, 2.24) is 20.1 Å². The number of carbonyl (C=O) groups is 1. The number of rotatable bonds is 4. The molecule has 1 aliphatic heterocycles. The molecule has 160 valence electrons. The largest absolute Gasteiger partial charge is 0.395 e. The number of nitrogens with two attached hydrogens (primary N) is 1. The van der Waals surface area contributed by atoms with Crippen LogP contribution in [0.5, 0.6) is 0 Å². The van der Waals surface area contributed by atoms with Crippen molar-refractivity contribution in [3.05, 3.63) is 87.5 Å². The van der Waals surface area contributed by atoms with Crippen LogP contribution in [0.1, 0.15) is 40.5 Å². The van der Waals surface area contributed by atoms with Crippen LogP contribution < -0.4 is 11.1 Å². The summed E-state index contributed by atoms with van der Waals surface area (Å²) >= 11 is 5.93. The van der Waals surface area contributed by atoms with E-state index < -0.39 is 11.6 Å². The fourth-order valence-corrected chi connectivity index (χ4v) is 3.69. The van der Waals surface area contributed by atoms with E-state index in [2.05, 4.69) is 15.4 Å². The molecule has 6 nitrogen and oxygen atoms in total. The van der Waals surface area contributed by atoms with Gasteiger partial charge in [-0.2, -0.15) is 0 Å². The third-order valence-corrected chi connectivity index (χ3v) is 5.55. The van der Waals surface area contributed by atoms with Crippen LogP contribution in [0, 0.1) is 11.6 Å². The van der Waals surface area contributed by atoms with Crippen molar-refractivity contribution >= 4 is 23.1 Å². The first-order valence-electron chi connectivity index (χ1n) is 9.72. The second-order valence-corrected chi connectivity index (χ2v) is 7.75. The Bertz CT molecular complexity index is 1190. The SMILES string of the molecule is C/C(C(=O)c1cccc(F)c1)=C(/N)c1nc2n(n1)CC(c1ccc(F)c(Cl)c1)NCC2. The van der Waals surface area contributed by atoms with E-state index in [1.165, 1.54) is 30.3 Å². The predicted octanol–water partition coefficient (Wildman–Crippen LogP) is 3.67. The van der Waals surface area contributed by atoms with Crippen LogP contribution in [0.3, 0.4) is 0 Å². The third-order valence-electron chi connectivity index (χ3n) is 5.26. The molecule has 9 heteroatoms. The molecule has 1 aliphatic rings. The molecule has 31 heavy (non-hydrogen) atoms. The van der Waals surface area contributed by atoms with Gasteiger partial charge in [0.05, 0.1) is 23.3 Å². The maximum absolute atomic E-state index is 13.5. The van der Waals surface area contributed by atoms with Crippen molar-refractivity contribution in [3.63, 3.8) is 0 Å². The van der Waals surface area contributed by atoms with E-state index >= 15 is 0 Å². The number of aromatic nitrogens is 3. The van der Waals surface area contributed by atoms with Gasteiger partial charge in [0, 0.05) is 24.1 Å². The van der Waals surface area contributed by atoms with Crippen LogP contribution in [-0.2, 0) is 13.0 Å². The Kier molecular flexibility index (Phi) is 5.84. The molecule has 0 aliphatic carbocycles. The van der Waals surface area contributed by atoms with Gasteiger partial charge < -0.3 is 11.1 Å². The lowest BCUT2D eigenvalue weighted by Gasteiger charge is -2.17. The summed E-state index contributed by atoms with van der Waals surface area (Å²) in [7, 11) is 0. The van der Waals surface area contributed by atoms with Gasteiger partial charge >= 0.3 is 0 Å². The van der Waals surface area contributed by atoms with Crippen LogP contribution in [0.25, 0.3) is 5.70 Å². The van der Waals surface area contributed by atoms with Crippen LogP contribution in [0.15, 0.2) is 48.0 Å². The number of ketones is 1. The molecule has 0 saturated carbocycles. The van der Waals surface area contributed by atoms with Crippen molar-refractivity contribution in [2.24, 2.45) is 5.73 Å². The Labute approximate surface area is 182 Å². The van der Waals surface area contributed by atoms with Crippen molar-refractivity contribution < 1.29 is 13.6 Å². The van der Waals surface area contributed by atoms with Gasteiger partial charge in [-0.1, -0.05) is 29.8 Å². The number of Topliss-reactive ketones (excluding diaryl/α,β-unsaturated/α-hetero) is 1. The number of hydrogen-bond acceptors (Lipinski definition) is 5. The Hall–Kier alpha value is -3.10. The zero-order valence-corrected chi connectivity index (χ0v) is 17.5. The zero-order chi connectivity index (χ0) is 22.1. The van der Waals surface area contributed by atoms with Gasteiger partial charge in [0.2, 0.25) is 0 Å². The molecule has 0 fully saturated rings. The number of halogens is 3. The molecular weight excluding hydrogens is 424 g/mol. The van der Waals surface area contributed by atoms with Gasteiger partial charge in [-0.25, -0.2) is 18.4 Å². The fraction of sp³-hybridized carbons (Fsp3) is 0.227. The summed E-state index contributed by atoms with van der Waals surface area (Å²) in [6.07, 6.45) is 0.600. The zero-order valence-electron chi connectivity index (χ0n) is 16.7. The Morgan fingerprint density at radius 1 is 1.26 bits per heavy atom. The molecular formula is C22H20ClF2N5O. The Balaban J connectivity index is 1.62. The van der Waals surface area contributed by atoms with Crippen molar-refractivity contribution in [2.75, 3.05) is 6.54 Å². The highest BCUT2D eigenvalue weighted by atomic mass is 35.5. The molecule has 0 radical (unpaired) electrons. The lowest BCUT2D eigenvalue weighted by atomic mass is 10.0. The minimum absolute atomic E-state index is 0.0571. The van der Waals surface area contributed by atoms with Gasteiger partial charge in [0.25, 0.3) is 0 Å². The second kappa shape index (κ2) is 8.56. The van der Waals surface area contributed by atoms with Gasteiger partial charge in [-0.15, -0.1) is 5.10 Å². The summed E-state index contributed by atoms with van der Waals surface area (Å²) in [5, 5.41) is 7.93. The molecule has 1 aromatic heterocycles. The highest BCUT2D eigenvalue weighted by Gasteiger charge is 2.23. The molecule has 4 rings (SSSR count). The van der Waals surface area contributed by atoms with Crippen LogP contribution in [0.2, 0.25) is 5.02 Å². The quantitative estimate of drug-likeness (QED) is 0.474. The van der Waals surface area contributed by atoms with Gasteiger partial charge in [-0.3, -0.25) is 4.79 Å². The number of nitrogens with one attached hydrogen (secondary N) is 1. The number of allylic oxidation sites excluding steroid dienone is 1. The minimum atomic E-state index is -0.497. The number of hydrogen-bond donors (Lipinski definition) is 2. The summed E-state index contributed by atoms with van der Waals surface area (Å²) in [5.41, 5.74) is 7.62. The number of nitrogens with zero attached hydrogens (tertiary/aromatic N) is 3. The first kappa shape index (κ1) is 21.1. The maximum atomic E-state index is 13.5. The monoisotopic (exact) mass is 443 g/mol. The summed E-state index contributed by atoms with van der Waals surface area (Å²) in [4.78, 5) is 17.2. The summed E-state index contributed by atoms with van der Waals surface area (Å²) in [5.74, 6) is -0.396. The third kappa shape index (κ3) is 4.35. The number of fused-ring (bicyclic) bond motifs is 1. The number of carbonyl (C=O) groups excluding carboxylic acids is 1. The van der Waals surface area contributed by atoms with Gasteiger partial charge in [0.1, 0.15) is 17.5 Å². The van der Waals surface area contributed by atoms with E-state index in [0.29, 0.717) is 25.3 Å². The van der Waals surface area contributed by atoms with Gasteiger partial charge in [0.15, 0.2) is 11.6 Å². The van der Waals surface area contributed by atoms with E-state index in [9.17, 15) is 13.6 Å². The standard InChI is InChI=1S/C22H20ClF2N5O/c1-12(21(31)14-3-2-4-15(24)9-14)20(26)22-28-19-7-8-27-18(11-30(19)29-22)13-5-6-17(25)16(23)10-13/h2-6,9-10,18,27H,7-8,11,26H2,1H3/b20-12-. The lowest BCUT2D eigenvalue weighted by Crippen LogP contribution is -2.24. The first-order chi connectivity index (χ1) is 14.8. The molecule has 0 spiro atoms. The highest BCUT2D eigenvalue weighted by molar-refractivity contribution is 6.30. The van der Waals surface area contributed by atoms with E-state index in [0.717, 1.165) is 5.56 Å². The summed E-state index contributed by atoms with van der Waals surface area (Å²) < 4.78 is 28.7. The molecule has 1 atom stereocenters. The highest BCUT2D eigenvalue weighted by Crippen LogP contribution is 2.24. The normalized spacial score (nSPS) is 17.0. The predicted molar refractivity (Wildman–Crippen MR) is 113 cm³/mol. The smallest absolute Gasteiger partial charge is 0.197 e. The van der Waals surface area contributed by atoms with E-state index in [-0.39, 0.29) is 39.5 Å². The molecule has 3 N–H and O–H groups in total. The Morgan fingerprint density at radius 3 is 2.81 bits per heavy atom. The first-order valence-corrected chi connectivity index (χ1v) is 10.1. The van der Waals surface area contributed by atoms with Gasteiger partial charge in [-0.05, 0) is 36.8 Å². The average Bonchev–Trinajstić information content (AvgIpc) is 3.05. The van der Waals surface area contributed by atoms with Crippen molar-refractivity contribution in [3.8, 4) is 0 Å². The van der Waals surface area contributed by atoms with Crippen molar-refractivity contribution in [1.29, 1.82) is 0 Å². The van der Waals surface area contributed by atoms with E-state index in [1.807, 2.05) is 0 Å². The minimum Gasteiger partial charge on any atom is -0.395 e. The molecule has 0 amide bonds. The molecule has 0 saturated heterocycles. The van der Waals surface area contributed by atoms with E-state index in [4.69, 9.17) is 17.3 Å². The van der Waals surface area contributed by atoms with Crippen LogP contribution >= 0.6 is 11.6 Å². The average molecular weight is 444 g/mol.